The Hall–Kier alpha value is -1.62. The molecule has 0 amide bonds. The van der Waals surface area contributed by atoms with Gasteiger partial charge in [-0.25, -0.2) is 4.39 Å². The van der Waals surface area contributed by atoms with E-state index in [-0.39, 0.29) is 11.7 Å². The van der Waals surface area contributed by atoms with Crippen molar-refractivity contribution in [1.82, 2.24) is 4.90 Å². The van der Waals surface area contributed by atoms with Gasteiger partial charge in [0, 0.05) is 38.3 Å². The Kier molecular flexibility index (Phi) is 4.74. The Morgan fingerprint density at radius 1 is 1.16 bits per heavy atom. The zero-order chi connectivity index (χ0) is 13.7. The lowest BCUT2D eigenvalue weighted by molar-refractivity contribution is 0.256. The third-order valence-corrected chi connectivity index (χ3v) is 3.48. The maximum atomic E-state index is 12.9. The van der Waals surface area contributed by atoms with Crippen LogP contribution in [0.15, 0.2) is 24.3 Å². The van der Waals surface area contributed by atoms with Gasteiger partial charge >= 0.3 is 0 Å². The predicted octanol–water partition coefficient (Wildman–Crippen LogP) is 1.66. The number of halogens is 1. The molecule has 0 radical (unpaired) electrons. The van der Waals surface area contributed by atoms with E-state index in [1.165, 1.54) is 12.1 Å². The molecule has 0 bridgehead atoms. The fraction of sp³-hybridized carbons (Fsp3) is 0.500. The van der Waals surface area contributed by atoms with Crippen LogP contribution in [0, 0.1) is 11.2 Å². The fourth-order valence-electron chi connectivity index (χ4n) is 2.37. The van der Waals surface area contributed by atoms with Gasteiger partial charge in [-0.2, -0.15) is 0 Å². The summed E-state index contributed by atoms with van der Waals surface area (Å²) in [5.74, 6) is 0.0802. The molecular formula is C14H21FN4. The number of rotatable bonds is 5. The monoisotopic (exact) mass is 264 g/mol. The Morgan fingerprint density at radius 2 is 1.79 bits per heavy atom. The third kappa shape index (κ3) is 4.21. The van der Waals surface area contributed by atoms with E-state index in [1.54, 1.807) is 0 Å². The first-order valence-corrected chi connectivity index (χ1v) is 6.71. The average molecular weight is 264 g/mol. The van der Waals surface area contributed by atoms with Crippen molar-refractivity contribution in [2.75, 3.05) is 37.6 Å². The minimum Gasteiger partial charge on any atom is -0.388 e. The number of nitrogens with one attached hydrogen (secondary N) is 1. The number of nitrogens with zero attached hydrogens (tertiary/aromatic N) is 2. The molecule has 4 nitrogen and oxygen atoms in total. The normalized spacial score (nSPS) is 16.6. The highest BCUT2D eigenvalue weighted by Crippen LogP contribution is 2.16. The van der Waals surface area contributed by atoms with Gasteiger partial charge in [0.2, 0.25) is 0 Å². The van der Waals surface area contributed by atoms with Gasteiger partial charge in [-0.3, -0.25) is 10.3 Å². The highest BCUT2D eigenvalue weighted by atomic mass is 19.1. The molecule has 0 aliphatic carbocycles. The Bertz CT molecular complexity index is 410. The maximum absolute atomic E-state index is 12.9. The zero-order valence-electron chi connectivity index (χ0n) is 11.1. The summed E-state index contributed by atoms with van der Waals surface area (Å²) in [4.78, 5) is 4.67. The number of hydrogen-bond acceptors (Lipinski definition) is 3. The zero-order valence-corrected chi connectivity index (χ0v) is 11.1. The van der Waals surface area contributed by atoms with Crippen molar-refractivity contribution in [2.24, 2.45) is 5.73 Å². The summed E-state index contributed by atoms with van der Waals surface area (Å²) in [5, 5.41) is 7.19. The minimum absolute atomic E-state index is 0.188. The summed E-state index contributed by atoms with van der Waals surface area (Å²) in [5.41, 5.74) is 6.43. The van der Waals surface area contributed by atoms with Crippen molar-refractivity contribution >= 4 is 11.5 Å². The number of amidine groups is 1. The summed E-state index contributed by atoms with van der Waals surface area (Å²) in [6, 6.07) is 6.69. The number of piperazine rings is 1. The van der Waals surface area contributed by atoms with Gasteiger partial charge in [-0.1, -0.05) is 0 Å². The molecule has 19 heavy (non-hydrogen) atoms. The van der Waals surface area contributed by atoms with Crippen LogP contribution < -0.4 is 10.6 Å². The van der Waals surface area contributed by atoms with Crippen molar-refractivity contribution in [1.29, 1.82) is 5.41 Å². The second kappa shape index (κ2) is 6.52. The summed E-state index contributed by atoms with van der Waals surface area (Å²) in [7, 11) is 0. The van der Waals surface area contributed by atoms with Crippen LogP contribution in [-0.4, -0.2) is 43.5 Å². The van der Waals surface area contributed by atoms with E-state index in [1.807, 2.05) is 12.1 Å². The van der Waals surface area contributed by atoms with E-state index in [0.717, 1.165) is 44.8 Å². The quantitative estimate of drug-likeness (QED) is 0.628. The number of anilines is 1. The van der Waals surface area contributed by atoms with Crippen LogP contribution in [0.5, 0.6) is 0 Å². The molecule has 0 saturated carbocycles. The molecule has 104 valence electrons. The molecule has 1 aliphatic heterocycles. The van der Waals surface area contributed by atoms with Gasteiger partial charge in [0.15, 0.2) is 0 Å². The van der Waals surface area contributed by atoms with Gasteiger partial charge < -0.3 is 10.6 Å². The van der Waals surface area contributed by atoms with Crippen molar-refractivity contribution < 1.29 is 4.39 Å². The van der Waals surface area contributed by atoms with E-state index >= 15 is 0 Å². The van der Waals surface area contributed by atoms with Crippen LogP contribution in [0.3, 0.4) is 0 Å². The molecule has 1 aromatic rings. The summed E-state index contributed by atoms with van der Waals surface area (Å²) in [6.07, 6.45) is 1.63. The molecule has 1 heterocycles. The number of nitrogens with two attached hydrogens (primary N) is 1. The Morgan fingerprint density at radius 3 is 2.37 bits per heavy atom. The first-order chi connectivity index (χ1) is 9.15. The first kappa shape index (κ1) is 13.8. The molecule has 1 saturated heterocycles. The lowest BCUT2D eigenvalue weighted by Gasteiger charge is -2.36. The van der Waals surface area contributed by atoms with Crippen LogP contribution >= 0.6 is 0 Å². The average Bonchev–Trinajstić information content (AvgIpc) is 2.40. The maximum Gasteiger partial charge on any atom is 0.123 e. The van der Waals surface area contributed by atoms with Crippen LogP contribution in [0.2, 0.25) is 0 Å². The molecular weight excluding hydrogens is 243 g/mol. The molecule has 1 fully saturated rings. The standard InChI is InChI=1S/C14H21FN4/c15-12-3-5-13(6-4-12)19-10-8-18(9-11-19)7-1-2-14(16)17/h3-6H,1-2,7-11H2,(H3,16,17). The summed E-state index contributed by atoms with van der Waals surface area (Å²) >= 11 is 0. The van der Waals surface area contributed by atoms with E-state index < -0.39 is 0 Å². The first-order valence-electron chi connectivity index (χ1n) is 6.71. The predicted molar refractivity (Wildman–Crippen MR) is 76.2 cm³/mol. The third-order valence-electron chi connectivity index (χ3n) is 3.48. The lowest BCUT2D eigenvalue weighted by Crippen LogP contribution is -2.46. The minimum atomic E-state index is -0.188. The molecule has 3 N–H and O–H groups in total. The largest absolute Gasteiger partial charge is 0.388 e. The van der Waals surface area contributed by atoms with Gasteiger partial charge in [-0.05, 0) is 37.2 Å². The second-order valence-electron chi connectivity index (χ2n) is 4.93. The smallest absolute Gasteiger partial charge is 0.123 e. The van der Waals surface area contributed by atoms with Gasteiger partial charge in [0.25, 0.3) is 0 Å². The molecule has 5 heteroatoms. The molecule has 0 aromatic heterocycles. The van der Waals surface area contributed by atoms with Gasteiger partial charge in [0.1, 0.15) is 5.82 Å². The molecule has 0 spiro atoms. The van der Waals surface area contributed by atoms with E-state index in [4.69, 9.17) is 11.1 Å². The molecule has 0 atom stereocenters. The SMILES string of the molecule is N=C(N)CCCN1CCN(c2ccc(F)cc2)CC1. The van der Waals surface area contributed by atoms with Crippen LogP contribution in [0.25, 0.3) is 0 Å². The van der Waals surface area contributed by atoms with Crippen molar-refractivity contribution in [3.05, 3.63) is 30.1 Å². The topological polar surface area (TPSA) is 56.4 Å². The van der Waals surface area contributed by atoms with Crippen LogP contribution in [-0.2, 0) is 0 Å². The highest BCUT2D eigenvalue weighted by molar-refractivity contribution is 5.76. The van der Waals surface area contributed by atoms with Crippen LogP contribution in [0.4, 0.5) is 10.1 Å². The molecule has 0 unspecified atom stereocenters. The van der Waals surface area contributed by atoms with Gasteiger partial charge in [0.05, 0.1) is 5.84 Å². The Balaban J connectivity index is 1.76. The number of benzene rings is 1. The summed E-state index contributed by atoms with van der Waals surface area (Å²) < 4.78 is 12.9. The lowest BCUT2D eigenvalue weighted by atomic mass is 10.2. The molecule has 1 aliphatic rings. The van der Waals surface area contributed by atoms with E-state index in [0.29, 0.717) is 6.42 Å². The number of hydrogen-bond donors (Lipinski definition) is 2. The second-order valence-corrected chi connectivity index (χ2v) is 4.93. The van der Waals surface area contributed by atoms with Crippen molar-refractivity contribution in [3.8, 4) is 0 Å². The fourth-order valence-corrected chi connectivity index (χ4v) is 2.37. The summed E-state index contributed by atoms with van der Waals surface area (Å²) in [6.45, 7) is 4.94. The van der Waals surface area contributed by atoms with Crippen molar-refractivity contribution in [3.63, 3.8) is 0 Å². The van der Waals surface area contributed by atoms with Crippen molar-refractivity contribution in [2.45, 2.75) is 12.8 Å². The highest BCUT2D eigenvalue weighted by Gasteiger charge is 2.16. The van der Waals surface area contributed by atoms with Crippen LogP contribution in [0.1, 0.15) is 12.8 Å². The molecule has 2 rings (SSSR count). The van der Waals surface area contributed by atoms with E-state index in [2.05, 4.69) is 9.80 Å². The Labute approximate surface area is 113 Å². The van der Waals surface area contributed by atoms with E-state index in [9.17, 15) is 4.39 Å². The van der Waals surface area contributed by atoms with Gasteiger partial charge in [-0.15, -0.1) is 0 Å². The molecule has 1 aromatic carbocycles.